The largest absolute Gasteiger partial charge is 0.484 e. The van der Waals surface area contributed by atoms with Crippen molar-refractivity contribution in [2.75, 3.05) is 25.0 Å². The maximum Gasteiger partial charge on any atom is 0.336 e. The van der Waals surface area contributed by atoms with E-state index in [2.05, 4.69) is 29.3 Å². The summed E-state index contributed by atoms with van der Waals surface area (Å²) in [5, 5.41) is 3.70. The van der Waals surface area contributed by atoms with Gasteiger partial charge in [0.15, 0.2) is 6.61 Å². The molecule has 6 heteroatoms. The number of carbonyl (C=O) groups excluding carboxylic acids is 1. The Morgan fingerprint density at radius 2 is 1.87 bits per heavy atom. The molecule has 1 saturated heterocycles. The number of ether oxygens (including phenoxy) is 1. The number of piperidine rings is 1. The molecule has 0 saturated carbocycles. The quantitative estimate of drug-likeness (QED) is 0.600. The Balaban J connectivity index is 1.29. The lowest BCUT2D eigenvalue weighted by molar-refractivity contribution is -0.118. The molecular formula is C25H28N2O4. The summed E-state index contributed by atoms with van der Waals surface area (Å²) in [6.07, 6.45) is 2.52. The Labute approximate surface area is 181 Å². The summed E-state index contributed by atoms with van der Waals surface area (Å²) in [4.78, 5) is 26.3. The standard InChI is InChI=1S/C25H28N2O4/c1-17-9-11-27(12-10-17)15-19-3-5-20(6-4-19)26-24(28)16-30-21-7-8-22-18(2)13-25(29)31-23(22)14-21/h3-8,13-14,17H,9-12,15-16H2,1-2H3,(H,26,28). The van der Waals surface area contributed by atoms with Crippen LogP contribution in [-0.4, -0.2) is 30.5 Å². The van der Waals surface area contributed by atoms with E-state index in [1.807, 2.05) is 25.1 Å². The Hall–Kier alpha value is -3.12. The van der Waals surface area contributed by atoms with Gasteiger partial charge in [-0.15, -0.1) is 0 Å². The van der Waals surface area contributed by atoms with Gasteiger partial charge in [-0.3, -0.25) is 9.69 Å². The molecule has 0 atom stereocenters. The number of rotatable bonds is 6. The highest BCUT2D eigenvalue weighted by Crippen LogP contribution is 2.22. The van der Waals surface area contributed by atoms with Gasteiger partial charge in [0.25, 0.3) is 5.91 Å². The Morgan fingerprint density at radius 3 is 2.61 bits per heavy atom. The zero-order valence-electron chi connectivity index (χ0n) is 18.0. The van der Waals surface area contributed by atoms with Crippen LogP contribution in [-0.2, 0) is 11.3 Å². The van der Waals surface area contributed by atoms with Crippen LogP contribution < -0.4 is 15.7 Å². The third-order valence-electron chi connectivity index (χ3n) is 5.81. The molecule has 3 aromatic rings. The molecule has 6 nitrogen and oxygen atoms in total. The monoisotopic (exact) mass is 420 g/mol. The molecule has 1 fully saturated rings. The molecule has 1 aliphatic heterocycles. The van der Waals surface area contributed by atoms with E-state index in [0.717, 1.165) is 42.2 Å². The average Bonchev–Trinajstić information content (AvgIpc) is 2.75. The molecule has 2 heterocycles. The zero-order chi connectivity index (χ0) is 21.8. The van der Waals surface area contributed by atoms with Crippen LogP contribution in [0.5, 0.6) is 5.75 Å². The van der Waals surface area contributed by atoms with Crippen molar-refractivity contribution >= 4 is 22.6 Å². The van der Waals surface area contributed by atoms with Crippen molar-refractivity contribution in [1.29, 1.82) is 0 Å². The molecule has 31 heavy (non-hydrogen) atoms. The van der Waals surface area contributed by atoms with Gasteiger partial charge in [0, 0.05) is 29.8 Å². The average molecular weight is 421 g/mol. The Morgan fingerprint density at radius 1 is 1.13 bits per heavy atom. The Kier molecular flexibility index (Phi) is 6.37. The second kappa shape index (κ2) is 9.35. The smallest absolute Gasteiger partial charge is 0.336 e. The second-order valence-electron chi connectivity index (χ2n) is 8.40. The molecule has 1 N–H and O–H groups in total. The number of hydrogen-bond acceptors (Lipinski definition) is 5. The first kappa shape index (κ1) is 21.1. The van der Waals surface area contributed by atoms with E-state index in [4.69, 9.17) is 9.15 Å². The van der Waals surface area contributed by atoms with Gasteiger partial charge in [-0.2, -0.15) is 0 Å². The summed E-state index contributed by atoms with van der Waals surface area (Å²) in [5.41, 5.74) is 2.87. The molecule has 0 spiro atoms. The van der Waals surface area contributed by atoms with Crippen LogP contribution in [0, 0.1) is 12.8 Å². The number of hydrogen-bond donors (Lipinski definition) is 1. The zero-order valence-corrected chi connectivity index (χ0v) is 18.0. The van der Waals surface area contributed by atoms with Crippen molar-refractivity contribution in [3.05, 3.63) is 70.1 Å². The summed E-state index contributed by atoms with van der Waals surface area (Å²) < 4.78 is 10.8. The first-order valence-corrected chi connectivity index (χ1v) is 10.7. The molecule has 1 aromatic heterocycles. The van der Waals surface area contributed by atoms with E-state index in [9.17, 15) is 9.59 Å². The molecule has 1 aliphatic rings. The topological polar surface area (TPSA) is 71.8 Å². The fourth-order valence-corrected chi connectivity index (χ4v) is 3.91. The minimum atomic E-state index is -0.404. The number of fused-ring (bicyclic) bond motifs is 1. The second-order valence-corrected chi connectivity index (χ2v) is 8.40. The number of anilines is 1. The van der Waals surface area contributed by atoms with Gasteiger partial charge >= 0.3 is 5.63 Å². The normalized spacial score (nSPS) is 15.2. The third kappa shape index (κ3) is 5.52. The van der Waals surface area contributed by atoms with Crippen molar-refractivity contribution in [3.63, 3.8) is 0 Å². The fraction of sp³-hybridized carbons (Fsp3) is 0.360. The van der Waals surface area contributed by atoms with E-state index in [1.54, 1.807) is 12.1 Å². The maximum absolute atomic E-state index is 12.3. The van der Waals surface area contributed by atoms with Crippen molar-refractivity contribution < 1.29 is 13.9 Å². The molecule has 1 amide bonds. The van der Waals surface area contributed by atoms with Crippen LogP contribution >= 0.6 is 0 Å². The van der Waals surface area contributed by atoms with Crippen LogP contribution in [0.4, 0.5) is 5.69 Å². The van der Waals surface area contributed by atoms with Gasteiger partial charge in [-0.25, -0.2) is 4.79 Å². The highest BCUT2D eigenvalue weighted by Gasteiger charge is 2.15. The van der Waals surface area contributed by atoms with Crippen LogP contribution in [0.1, 0.15) is 30.9 Å². The van der Waals surface area contributed by atoms with Gasteiger partial charge in [-0.1, -0.05) is 19.1 Å². The van der Waals surface area contributed by atoms with Gasteiger partial charge in [0.1, 0.15) is 11.3 Å². The van der Waals surface area contributed by atoms with Crippen LogP contribution in [0.2, 0.25) is 0 Å². The molecular weight excluding hydrogens is 392 g/mol. The van der Waals surface area contributed by atoms with Gasteiger partial charge in [0.2, 0.25) is 0 Å². The molecule has 0 unspecified atom stereocenters. The number of nitrogens with one attached hydrogen (secondary N) is 1. The van der Waals surface area contributed by atoms with E-state index >= 15 is 0 Å². The lowest BCUT2D eigenvalue weighted by Crippen LogP contribution is -2.32. The third-order valence-corrected chi connectivity index (χ3v) is 5.81. The molecule has 0 aliphatic carbocycles. The van der Waals surface area contributed by atoms with E-state index in [0.29, 0.717) is 11.3 Å². The van der Waals surface area contributed by atoms with Gasteiger partial charge in [0.05, 0.1) is 0 Å². The summed E-state index contributed by atoms with van der Waals surface area (Å²) in [5.74, 6) is 1.06. The van der Waals surface area contributed by atoms with E-state index in [1.165, 1.54) is 24.5 Å². The number of benzene rings is 2. The number of amides is 1. The van der Waals surface area contributed by atoms with Crippen LogP contribution in [0.3, 0.4) is 0 Å². The number of carbonyl (C=O) groups is 1. The summed E-state index contributed by atoms with van der Waals surface area (Å²) in [6, 6.07) is 14.6. The highest BCUT2D eigenvalue weighted by atomic mass is 16.5. The lowest BCUT2D eigenvalue weighted by Gasteiger charge is -2.30. The molecule has 0 bridgehead atoms. The minimum absolute atomic E-state index is 0.130. The van der Waals surface area contributed by atoms with Crippen molar-refractivity contribution in [3.8, 4) is 5.75 Å². The SMILES string of the molecule is Cc1cc(=O)oc2cc(OCC(=O)Nc3ccc(CN4CCC(C)CC4)cc3)ccc12. The maximum atomic E-state index is 12.3. The number of likely N-dealkylation sites (tertiary alicyclic amines) is 1. The molecule has 0 radical (unpaired) electrons. The predicted octanol–water partition coefficient (Wildman–Crippen LogP) is 4.35. The highest BCUT2D eigenvalue weighted by molar-refractivity contribution is 5.92. The summed E-state index contributed by atoms with van der Waals surface area (Å²) in [7, 11) is 0. The molecule has 4 rings (SSSR count). The summed E-state index contributed by atoms with van der Waals surface area (Å²) in [6.45, 7) is 7.28. The fourth-order valence-electron chi connectivity index (χ4n) is 3.91. The van der Waals surface area contributed by atoms with Crippen molar-refractivity contribution in [1.82, 2.24) is 4.90 Å². The predicted molar refractivity (Wildman–Crippen MR) is 121 cm³/mol. The van der Waals surface area contributed by atoms with Crippen LogP contribution in [0.25, 0.3) is 11.0 Å². The van der Waals surface area contributed by atoms with Gasteiger partial charge in [-0.05, 0) is 74.2 Å². The van der Waals surface area contributed by atoms with Crippen molar-refractivity contribution in [2.45, 2.75) is 33.2 Å². The first-order chi connectivity index (χ1) is 15.0. The first-order valence-electron chi connectivity index (χ1n) is 10.7. The van der Waals surface area contributed by atoms with Crippen LogP contribution in [0.15, 0.2) is 57.7 Å². The summed E-state index contributed by atoms with van der Waals surface area (Å²) >= 11 is 0. The molecule has 2 aromatic carbocycles. The minimum Gasteiger partial charge on any atom is -0.484 e. The number of nitrogens with zero attached hydrogens (tertiary/aromatic N) is 1. The van der Waals surface area contributed by atoms with Gasteiger partial charge < -0.3 is 14.5 Å². The van der Waals surface area contributed by atoms with E-state index in [-0.39, 0.29) is 12.5 Å². The lowest BCUT2D eigenvalue weighted by atomic mass is 9.99. The van der Waals surface area contributed by atoms with Crippen molar-refractivity contribution in [2.24, 2.45) is 5.92 Å². The number of aryl methyl sites for hydroxylation is 1. The van der Waals surface area contributed by atoms with E-state index < -0.39 is 5.63 Å². The molecule has 162 valence electrons. The Bertz CT molecular complexity index is 1110.